The van der Waals surface area contributed by atoms with E-state index < -0.39 is 0 Å². The van der Waals surface area contributed by atoms with E-state index in [9.17, 15) is 0 Å². The monoisotopic (exact) mass is 132 g/mol. The summed E-state index contributed by atoms with van der Waals surface area (Å²) in [7, 11) is 0. The number of quaternary nitrogens is 1. The first kappa shape index (κ1) is 6.85. The number of hydrogen-bond donors (Lipinski definition) is 1. The van der Waals surface area contributed by atoms with Crippen LogP contribution >= 0.6 is 0 Å². The van der Waals surface area contributed by atoms with Crippen LogP contribution in [-0.4, -0.2) is 0 Å². The molecule has 1 nitrogen and oxygen atoms in total. The zero-order chi connectivity index (χ0) is 7.40. The highest BCUT2D eigenvalue weighted by atomic mass is 14.6. The van der Waals surface area contributed by atoms with E-state index in [4.69, 9.17) is 6.42 Å². The van der Waals surface area contributed by atoms with Gasteiger partial charge in [-0.25, -0.2) is 0 Å². The Hall–Kier alpha value is -1.26. The van der Waals surface area contributed by atoms with Gasteiger partial charge in [0.25, 0.3) is 0 Å². The molecule has 0 aliphatic heterocycles. The van der Waals surface area contributed by atoms with Crippen LogP contribution in [0.1, 0.15) is 11.6 Å². The molecule has 1 atom stereocenters. The summed E-state index contributed by atoms with van der Waals surface area (Å²) in [5.74, 6) is 2.57. The van der Waals surface area contributed by atoms with Crippen molar-refractivity contribution in [2.45, 2.75) is 6.04 Å². The molecule has 1 aromatic carbocycles. The maximum atomic E-state index is 5.19. The van der Waals surface area contributed by atoms with Crippen LogP contribution in [-0.2, 0) is 0 Å². The summed E-state index contributed by atoms with van der Waals surface area (Å²) in [6.07, 6.45) is 5.19. The first-order valence-electron chi connectivity index (χ1n) is 3.18. The minimum Gasteiger partial charge on any atom is -0.341 e. The largest absolute Gasteiger partial charge is 0.341 e. The molecule has 0 spiro atoms. The summed E-state index contributed by atoms with van der Waals surface area (Å²) in [4.78, 5) is 0. The Bertz CT molecular complexity index is 233. The second-order valence-corrected chi connectivity index (χ2v) is 2.13. The van der Waals surface area contributed by atoms with Crippen molar-refractivity contribution in [1.29, 1.82) is 0 Å². The van der Waals surface area contributed by atoms with Crippen molar-refractivity contribution in [3.63, 3.8) is 0 Å². The van der Waals surface area contributed by atoms with Crippen molar-refractivity contribution < 1.29 is 5.73 Å². The molecule has 1 unspecified atom stereocenters. The molecular formula is C9H10N+. The van der Waals surface area contributed by atoms with Crippen molar-refractivity contribution in [3.05, 3.63) is 35.9 Å². The zero-order valence-electron chi connectivity index (χ0n) is 5.75. The van der Waals surface area contributed by atoms with E-state index in [-0.39, 0.29) is 6.04 Å². The molecule has 0 fully saturated rings. The highest BCUT2D eigenvalue weighted by Gasteiger charge is 2.01. The first-order valence-corrected chi connectivity index (χ1v) is 3.18. The topological polar surface area (TPSA) is 27.6 Å². The number of benzene rings is 1. The Kier molecular flexibility index (Phi) is 2.09. The molecular weight excluding hydrogens is 122 g/mol. The predicted molar refractivity (Wildman–Crippen MR) is 40.9 cm³/mol. The van der Waals surface area contributed by atoms with Crippen LogP contribution < -0.4 is 5.73 Å². The minimum atomic E-state index is -0.0128. The van der Waals surface area contributed by atoms with Crippen molar-refractivity contribution in [2.75, 3.05) is 0 Å². The zero-order valence-corrected chi connectivity index (χ0v) is 5.75. The van der Waals surface area contributed by atoms with Crippen molar-refractivity contribution in [1.82, 2.24) is 0 Å². The van der Waals surface area contributed by atoms with Crippen LogP contribution in [0, 0.1) is 12.3 Å². The van der Waals surface area contributed by atoms with Gasteiger partial charge in [-0.3, -0.25) is 0 Å². The molecule has 1 rings (SSSR count). The van der Waals surface area contributed by atoms with Gasteiger partial charge in [0.2, 0.25) is 0 Å². The molecule has 0 aromatic heterocycles. The van der Waals surface area contributed by atoms with Gasteiger partial charge in [0, 0.05) is 5.56 Å². The molecule has 0 radical (unpaired) electrons. The molecule has 0 bridgehead atoms. The third-order valence-corrected chi connectivity index (χ3v) is 1.40. The van der Waals surface area contributed by atoms with Gasteiger partial charge in [-0.15, -0.1) is 6.42 Å². The van der Waals surface area contributed by atoms with E-state index in [0.29, 0.717) is 0 Å². The minimum absolute atomic E-state index is 0.0128. The molecule has 0 heterocycles. The molecule has 1 aromatic rings. The average molecular weight is 132 g/mol. The van der Waals surface area contributed by atoms with Gasteiger partial charge >= 0.3 is 0 Å². The summed E-state index contributed by atoms with van der Waals surface area (Å²) in [6, 6.07) is 9.85. The Morgan fingerprint density at radius 3 is 2.40 bits per heavy atom. The Labute approximate surface area is 60.9 Å². The fraction of sp³-hybridized carbons (Fsp3) is 0.111. The summed E-state index contributed by atoms with van der Waals surface area (Å²) in [6.45, 7) is 0. The Morgan fingerprint density at radius 1 is 1.30 bits per heavy atom. The van der Waals surface area contributed by atoms with Crippen LogP contribution in [0.25, 0.3) is 0 Å². The van der Waals surface area contributed by atoms with E-state index >= 15 is 0 Å². The number of terminal acetylenes is 1. The predicted octanol–water partition coefficient (Wildman–Crippen LogP) is 0.603. The molecule has 0 aliphatic rings. The number of rotatable bonds is 1. The van der Waals surface area contributed by atoms with Gasteiger partial charge in [0.05, 0.1) is 0 Å². The molecule has 0 saturated heterocycles. The van der Waals surface area contributed by atoms with Crippen LogP contribution in [0.5, 0.6) is 0 Å². The van der Waals surface area contributed by atoms with E-state index in [1.54, 1.807) is 0 Å². The van der Waals surface area contributed by atoms with Crippen molar-refractivity contribution in [3.8, 4) is 12.3 Å². The number of hydrogen-bond acceptors (Lipinski definition) is 0. The highest BCUT2D eigenvalue weighted by Crippen LogP contribution is 2.04. The summed E-state index contributed by atoms with van der Waals surface area (Å²) >= 11 is 0. The van der Waals surface area contributed by atoms with Crippen molar-refractivity contribution >= 4 is 0 Å². The molecule has 3 N–H and O–H groups in total. The summed E-state index contributed by atoms with van der Waals surface area (Å²) < 4.78 is 0. The second-order valence-electron chi connectivity index (χ2n) is 2.13. The summed E-state index contributed by atoms with van der Waals surface area (Å²) in [5.41, 5.74) is 4.89. The molecule has 50 valence electrons. The lowest BCUT2D eigenvalue weighted by molar-refractivity contribution is -0.405. The standard InChI is InChI=1S/C9H9N/c1-2-9(10)8-6-4-3-5-7-8/h1,3-7,9H,10H2/p+1. The summed E-state index contributed by atoms with van der Waals surface area (Å²) in [5, 5.41) is 0. The Balaban J connectivity index is 2.88. The Morgan fingerprint density at radius 2 is 1.90 bits per heavy atom. The van der Waals surface area contributed by atoms with Crippen LogP contribution in [0.3, 0.4) is 0 Å². The van der Waals surface area contributed by atoms with Gasteiger partial charge in [-0.05, 0) is 5.92 Å². The third-order valence-electron chi connectivity index (χ3n) is 1.40. The maximum Gasteiger partial charge on any atom is 0.171 e. The highest BCUT2D eigenvalue weighted by molar-refractivity contribution is 5.22. The lowest BCUT2D eigenvalue weighted by Gasteiger charge is -1.98. The van der Waals surface area contributed by atoms with Gasteiger partial charge in [-0.1, -0.05) is 30.3 Å². The molecule has 10 heavy (non-hydrogen) atoms. The van der Waals surface area contributed by atoms with Gasteiger partial charge in [0.15, 0.2) is 6.04 Å². The fourth-order valence-electron chi connectivity index (χ4n) is 0.782. The maximum absolute atomic E-state index is 5.19. The normalized spacial score (nSPS) is 12.0. The lowest BCUT2D eigenvalue weighted by atomic mass is 10.1. The smallest absolute Gasteiger partial charge is 0.171 e. The third kappa shape index (κ3) is 1.37. The SMILES string of the molecule is C#CC([NH3+])c1ccccc1. The molecule has 0 aliphatic carbocycles. The van der Waals surface area contributed by atoms with E-state index in [1.165, 1.54) is 0 Å². The van der Waals surface area contributed by atoms with E-state index in [1.807, 2.05) is 30.3 Å². The molecule has 1 heteroatoms. The first-order chi connectivity index (χ1) is 4.84. The van der Waals surface area contributed by atoms with Gasteiger partial charge < -0.3 is 5.73 Å². The van der Waals surface area contributed by atoms with Crippen molar-refractivity contribution in [2.24, 2.45) is 0 Å². The molecule has 0 saturated carbocycles. The lowest BCUT2D eigenvalue weighted by Crippen LogP contribution is -2.52. The quantitative estimate of drug-likeness (QED) is 0.542. The second kappa shape index (κ2) is 3.05. The van der Waals surface area contributed by atoms with Gasteiger partial charge in [0.1, 0.15) is 0 Å². The van der Waals surface area contributed by atoms with E-state index in [0.717, 1.165) is 5.56 Å². The van der Waals surface area contributed by atoms with E-state index in [2.05, 4.69) is 11.7 Å². The van der Waals surface area contributed by atoms with Crippen LogP contribution in [0.4, 0.5) is 0 Å². The van der Waals surface area contributed by atoms with Crippen LogP contribution in [0.2, 0.25) is 0 Å². The van der Waals surface area contributed by atoms with Gasteiger partial charge in [-0.2, -0.15) is 0 Å². The fourth-order valence-corrected chi connectivity index (χ4v) is 0.782. The molecule has 0 amide bonds. The van der Waals surface area contributed by atoms with Crippen LogP contribution in [0.15, 0.2) is 30.3 Å². The average Bonchev–Trinajstić information content (AvgIpc) is 2.05.